The van der Waals surface area contributed by atoms with Crippen LogP contribution in [-0.2, 0) is 42.0 Å². The molecule has 1 fully saturated rings. The average molecular weight is 579 g/mol. The molecule has 2 aliphatic heterocycles. The van der Waals surface area contributed by atoms with Gasteiger partial charge in [0.25, 0.3) is 5.91 Å². The molecular formula is C29H26N2O7S2. The standard InChI is InChI=1S/C29H26N2O7S2/c1-37-21-14-12-20(13-15-21)17-38-29(34)26-23(40(35,36)22-10-6-3-7-11-22)18-39-28-25(27(33)31(26)28)30-24(32)16-19-8-4-2-5-9-19/h2-15,25,28H,16-18H2,1H3,(H,30,32)/t25-,28-/m1/s1. The first kappa shape index (κ1) is 27.5. The van der Waals surface area contributed by atoms with Crippen LogP contribution in [0.2, 0.25) is 0 Å². The van der Waals surface area contributed by atoms with Gasteiger partial charge in [0.15, 0.2) is 0 Å². The van der Waals surface area contributed by atoms with Crippen LogP contribution in [0.25, 0.3) is 0 Å². The topological polar surface area (TPSA) is 119 Å². The van der Waals surface area contributed by atoms with E-state index in [-0.39, 0.29) is 40.2 Å². The number of esters is 1. The number of carbonyl (C=O) groups excluding carboxylic acids is 3. The molecule has 2 heterocycles. The molecule has 3 aromatic rings. The zero-order valence-corrected chi connectivity index (χ0v) is 23.1. The highest BCUT2D eigenvalue weighted by atomic mass is 32.2. The maximum atomic E-state index is 13.6. The van der Waals surface area contributed by atoms with Gasteiger partial charge in [-0.1, -0.05) is 60.7 Å². The number of rotatable bonds is 9. The second-order valence-corrected chi connectivity index (χ2v) is 12.2. The minimum Gasteiger partial charge on any atom is -0.497 e. The van der Waals surface area contributed by atoms with Crippen molar-refractivity contribution < 1.29 is 32.3 Å². The van der Waals surface area contributed by atoms with E-state index in [1.165, 1.54) is 31.0 Å². The van der Waals surface area contributed by atoms with Gasteiger partial charge >= 0.3 is 5.97 Å². The second-order valence-electron chi connectivity index (χ2n) is 9.13. The van der Waals surface area contributed by atoms with E-state index in [1.54, 1.807) is 42.5 Å². The van der Waals surface area contributed by atoms with Gasteiger partial charge in [-0.15, -0.1) is 11.8 Å². The molecule has 11 heteroatoms. The first-order valence-electron chi connectivity index (χ1n) is 12.4. The number of ether oxygens (including phenoxy) is 2. The predicted octanol–water partition coefficient (Wildman–Crippen LogP) is 3.07. The second kappa shape index (κ2) is 11.6. The molecule has 1 N–H and O–H groups in total. The van der Waals surface area contributed by atoms with Gasteiger partial charge in [-0.2, -0.15) is 0 Å². The Morgan fingerprint density at radius 2 is 1.60 bits per heavy atom. The third-order valence-electron chi connectivity index (χ3n) is 6.56. The summed E-state index contributed by atoms with van der Waals surface area (Å²) in [5.74, 6) is -1.29. The van der Waals surface area contributed by atoms with E-state index in [1.807, 2.05) is 30.3 Å². The summed E-state index contributed by atoms with van der Waals surface area (Å²) in [4.78, 5) is 40.3. The van der Waals surface area contributed by atoms with Gasteiger partial charge in [-0.05, 0) is 35.4 Å². The summed E-state index contributed by atoms with van der Waals surface area (Å²) in [5.41, 5.74) is 1.13. The zero-order valence-electron chi connectivity index (χ0n) is 21.5. The molecule has 2 amide bonds. The maximum Gasteiger partial charge on any atom is 0.356 e. The number of β-lactam (4-membered cyclic amide) rings is 1. The Balaban J connectivity index is 1.40. The molecule has 9 nitrogen and oxygen atoms in total. The Kier molecular flexibility index (Phi) is 7.95. The number of hydrogen-bond acceptors (Lipinski definition) is 8. The Bertz CT molecular complexity index is 1560. The fraction of sp³-hybridized carbons (Fsp3) is 0.207. The van der Waals surface area contributed by atoms with Gasteiger partial charge in [-0.3, -0.25) is 14.5 Å². The van der Waals surface area contributed by atoms with E-state index in [4.69, 9.17) is 9.47 Å². The average Bonchev–Trinajstić information content (AvgIpc) is 2.99. The van der Waals surface area contributed by atoms with Crippen molar-refractivity contribution in [2.45, 2.75) is 29.3 Å². The molecular weight excluding hydrogens is 552 g/mol. The quantitative estimate of drug-likeness (QED) is 0.304. The molecule has 0 bridgehead atoms. The Hall–Kier alpha value is -4.09. The van der Waals surface area contributed by atoms with Crippen LogP contribution in [0.1, 0.15) is 11.1 Å². The van der Waals surface area contributed by atoms with Crippen LogP contribution >= 0.6 is 11.8 Å². The van der Waals surface area contributed by atoms with E-state index in [2.05, 4.69) is 5.32 Å². The van der Waals surface area contributed by atoms with Crippen molar-refractivity contribution in [3.05, 3.63) is 107 Å². The molecule has 3 aromatic carbocycles. The maximum absolute atomic E-state index is 13.6. The van der Waals surface area contributed by atoms with Crippen LogP contribution < -0.4 is 10.1 Å². The van der Waals surface area contributed by atoms with Crippen molar-refractivity contribution in [1.29, 1.82) is 0 Å². The number of benzene rings is 3. The third-order valence-corrected chi connectivity index (χ3v) is 9.90. The number of methoxy groups -OCH3 is 1. The zero-order chi connectivity index (χ0) is 28.3. The molecule has 2 aliphatic rings. The Labute approximate surface area is 236 Å². The van der Waals surface area contributed by atoms with Crippen LogP contribution in [-0.4, -0.2) is 55.4 Å². The van der Waals surface area contributed by atoms with Crippen molar-refractivity contribution in [3.8, 4) is 5.75 Å². The normalized spacial score (nSPS) is 18.4. The highest BCUT2D eigenvalue weighted by Gasteiger charge is 2.56. The molecule has 5 rings (SSSR count). The van der Waals surface area contributed by atoms with E-state index in [9.17, 15) is 22.8 Å². The molecule has 0 saturated carbocycles. The minimum atomic E-state index is -4.12. The summed E-state index contributed by atoms with van der Waals surface area (Å²) in [6.45, 7) is -0.137. The van der Waals surface area contributed by atoms with Crippen molar-refractivity contribution >= 4 is 39.4 Å². The fourth-order valence-corrected chi connectivity index (χ4v) is 7.73. The molecule has 0 aromatic heterocycles. The summed E-state index contributed by atoms with van der Waals surface area (Å²) in [6, 6.07) is 22.8. The van der Waals surface area contributed by atoms with Gasteiger partial charge in [-0.25, -0.2) is 13.2 Å². The highest BCUT2D eigenvalue weighted by molar-refractivity contribution is 8.02. The van der Waals surface area contributed by atoms with E-state index in [0.29, 0.717) is 11.3 Å². The van der Waals surface area contributed by atoms with E-state index < -0.39 is 33.1 Å². The smallest absolute Gasteiger partial charge is 0.356 e. The van der Waals surface area contributed by atoms with Crippen LogP contribution in [0.3, 0.4) is 0 Å². The Morgan fingerprint density at radius 3 is 2.25 bits per heavy atom. The van der Waals surface area contributed by atoms with Gasteiger partial charge in [0.2, 0.25) is 15.7 Å². The lowest BCUT2D eigenvalue weighted by atomic mass is 10.0. The number of nitrogens with zero attached hydrogens (tertiary/aromatic N) is 1. The number of fused-ring (bicyclic) bond motifs is 1. The number of amides is 2. The largest absolute Gasteiger partial charge is 0.497 e. The lowest BCUT2D eigenvalue weighted by molar-refractivity contribution is -0.153. The van der Waals surface area contributed by atoms with Gasteiger partial charge in [0.05, 0.1) is 23.3 Å². The minimum absolute atomic E-state index is 0.00481. The van der Waals surface area contributed by atoms with Gasteiger partial charge in [0, 0.05) is 5.75 Å². The predicted molar refractivity (Wildman–Crippen MR) is 149 cm³/mol. The number of nitrogens with one attached hydrogen (secondary N) is 1. The summed E-state index contributed by atoms with van der Waals surface area (Å²) in [7, 11) is -2.58. The summed E-state index contributed by atoms with van der Waals surface area (Å²) in [5, 5.41) is 2.09. The van der Waals surface area contributed by atoms with Crippen molar-refractivity contribution in [2.75, 3.05) is 12.9 Å². The van der Waals surface area contributed by atoms with E-state index in [0.717, 1.165) is 10.5 Å². The monoisotopic (exact) mass is 578 g/mol. The van der Waals surface area contributed by atoms with Crippen LogP contribution in [0, 0.1) is 0 Å². The van der Waals surface area contributed by atoms with Crippen LogP contribution in [0.15, 0.2) is 100 Å². The first-order chi connectivity index (χ1) is 19.3. The van der Waals surface area contributed by atoms with Crippen LogP contribution in [0.4, 0.5) is 0 Å². The lowest BCUT2D eigenvalue weighted by Gasteiger charge is -2.49. The molecule has 40 heavy (non-hydrogen) atoms. The molecule has 0 radical (unpaired) electrons. The van der Waals surface area contributed by atoms with Gasteiger partial charge in [0.1, 0.15) is 29.5 Å². The summed E-state index contributed by atoms with van der Waals surface area (Å²) < 4.78 is 37.8. The summed E-state index contributed by atoms with van der Waals surface area (Å²) >= 11 is 1.17. The molecule has 1 saturated heterocycles. The molecule has 206 valence electrons. The van der Waals surface area contributed by atoms with Crippen molar-refractivity contribution in [1.82, 2.24) is 10.2 Å². The van der Waals surface area contributed by atoms with Gasteiger partial charge < -0.3 is 14.8 Å². The number of carbonyl (C=O) groups is 3. The number of thioether (sulfide) groups is 1. The number of sulfone groups is 1. The molecule has 0 spiro atoms. The van der Waals surface area contributed by atoms with Crippen molar-refractivity contribution in [2.24, 2.45) is 0 Å². The highest BCUT2D eigenvalue weighted by Crippen LogP contribution is 2.43. The molecule has 0 unspecified atom stereocenters. The van der Waals surface area contributed by atoms with Crippen LogP contribution in [0.5, 0.6) is 5.75 Å². The first-order valence-corrected chi connectivity index (χ1v) is 14.9. The van der Waals surface area contributed by atoms with E-state index >= 15 is 0 Å². The number of hydrogen-bond donors (Lipinski definition) is 1. The molecule has 0 aliphatic carbocycles. The SMILES string of the molecule is COc1ccc(COC(=O)C2=C(S(=O)(=O)c3ccccc3)CS[C@@H]3[C@H](NC(=O)Cc4ccccc4)C(=O)N23)cc1. The van der Waals surface area contributed by atoms with Crippen molar-refractivity contribution in [3.63, 3.8) is 0 Å². The lowest BCUT2D eigenvalue weighted by Crippen LogP contribution is -2.70. The summed E-state index contributed by atoms with van der Waals surface area (Å²) in [6.07, 6.45) is 0.0856. The fourth-order valence-electron chi connectivity index (χ4n) is 4.47. The third kappa shape index (κ3) is 5.47. The Morgan fingerprint density at radius 1 is 0.950 bits per heavy atom. The molecule has 2 atom stereocenters.